The SMILES string of the molecule is CC.CC1=C(N)C2(C)CCN(C1)C2. The van der Waals surface area contributed by atoms with Crippen LogP contribution in [0.2, 0.25) is 0 Å². The van der Waals surface area contributed by atoms with Crippen molar-refractivity contribution in [3.05, 3.63) is 11.3 Å². The molecule has 76 valence electrons. The van der Waals surface area contributed by atoms with Crippen molar-refractivity contribution in [1.29, 1.82) is 0 Å². The van der Waals surface area contributed by atoms with Crippen LogP contribution in [-0.4, -0.2) is 24.5 Å². The Labute approximate surface area is 81.8 Å². The minimum absolute atomic E-state index is 0.308. The molecule has 1 saturated heterocycles. The molecular weight excluding hydrogens is 160 g/mol. The first-order chi connectivity index (χ1) is 6.12. The monoisotopic (exact) mass is 182 g/mol. The van der Waals surface area contributed by atoms with Gasteiger partial charge in [-0.3, -0.25) is 4.90 Å². The maximum atomic E-state index is 6.05. The minimum Gasteiger partial charge on any atom is -0.402 e. The highest BCUT2D eigenvalue weighted by atomic mass is 15.2. The van der Waals surface area contributed by atoms with Crippen molar-refractivity contribution in [2.75, 3.05) is 19.6 Å². The lowest BCUT2D eigenvalue weighted by atomic mass is 9.83. The zero-order chi connectivity index (χ0) is 10.1. The van der Waals surface area contributed by atoms with E-state index in [-0.39, 0.29) is 0 Å². The molecule has 13 heavy (non-hydrogen) atoms. The van der Waals surface area contributed by atoms with Crippen LogP contribution < -0.4 is 5.73 Å². The minimum atomic E-state index is 0.308. The number of hydrogen-bond acceptors (Lipinski definition) is 2. The molecule has 0 aliphatic carbocycles. The maximum absolute atomic E-state index is 6.05. The topological polar surface area (TPSA) is 29.3 Å². The van der Waals surface area contributed by atoms with Crippen LogP contribution >= 0.6 is 0 Å². The standard InChI is InChI=1S/C9H16N2.C2H6/c1-7-5-11-4-3-9(2,6-11)8(7)10;1-2/h3-6,10H2,1-2H3;1-2H3. The number of hydrogen-bond donors (Lipinski definition) is 1. The summed E-state index contributed by atoms with van der Waals surface area (Å²) in [6, 6.07) is 0. The normalized spacial score (nSPS) is 37.1. The third kappa shape index (κ3) is 1.73. The molecule has 2 atom stereocenters. The van der Waals surface area contributed by atoms with Gasteiger partial charge < -0.3 is 5.73 Å². The van der Waals surface area contributed by atoms with Crippen LogP contribution in [0.5, 0.6) is 0 Å². The summed E-state index contributed by atoms with van der Waals surface area (Å²) in [4.78, 5) is 2.49. The average molecular weight is 182 g/mol. The molecular formula is C11H22N2. The van der Waals surface area contributed by atoms with E-state index >= 15 is 0 Å². The van der Waals surface area contributed by atoms with Crippen LogP contribution in [0.25, 0.3) is 0 Å². The van der Waals surface area contributed by atoms with Gasteiger partial charge in [-0.15, -0.1) is 0 Å². The Kier molecular flexibility index (Phi) is 3.01. The first kappa shape index (κ1) is 10.6. The number of fused-ring (bicyclic) bond motifs is 2. The van der Waals surface area contributed by atoms with Gasteiger partial charge in [-0.1, -0.05) is 20.8 Å². The highest BCUT2D eigenvalue weighted by molar-refractivity contribution is 5.24. The Morgan fingerprint density at radius 2 is 2.00 bits per heavy atom. The number of nitrogens with two attached hydrogens (primary N) is 1. The van der Waals surface area contributed by atoms with Gasteiger partial charge in [0.25, 0.3) is 0 Å². The lowest BCUT2D eigenvalue weighted by Gasteiger charge is -2.32. The zero-order valence-electron chi connectivity index (χ0n) is 9.35. The second-order valence-corrected chi connectivity index (χ2v) is 4.22. The first-order valence-corrected chi connectivity index (χ1v) is 5.30. The molecule has 0 saturated carbocycles. The molecule has 0 amide bonds. The second-order valence-electron chi connectivity index (χ2n) is 4.22. The zero-order valence-corrected chi connectivity index (χ0v) is 9.35. The van der Waals surface area contributed by atoms with Crippen molar-refractivity contribution in [1.82, 2.24) is 4.90 Å². The van der Waals surface area contributed by atoms with Crippen LogP contribution in [-0.2, 0) is 0 Å². The fourth-order valence-electron chi connectivity index (χ4n) is 2.35. The Bertz CT molecular complexity index is 220. The van der Waals surface area contributed by atoms with E-state index in [1.54, 1.807) is 0 Å². The summed E-state index contributed by atoms with van der Waals surface area (Å²) in [5.41, 5.74) is 8.90. The van der Waals surface area contributed by atoms with Crippen LogP contribution in [0, 0.1) is 5.41 Å². The summed E-state index contributed by atoms with van der Waals surface area (Å²) >= 11 is 0. The molecule has 2 bridgehead atoms. The lowest BCUT2D eigenvalue weighted by Crippen LogP contribution is -2.36. The van der Waals surface area contributed by atoms with E-state index in [1.165, 1.54) is 25.1 Å². The number of rotatable bonds is 0. The molecule has 1 fully saturated rings. The van der Waals surface area contributed by atoms with E-state index in [4.69, 9.17) is 5.73 Å². The summed E-state index contributed by atoms with van der Waals surface area (Å²) in [7, 11) is 0. The maximum Gasteiger partial charge on any atom is 0.0210 e. The van der Waals surface area contributed by atoms with Crippen LogP contribution in [0.15, 0.2) is 11.3 Å². The summed E-state index contributed by atoms with van der Waals surface area (Å²) in [6.45, 7) is 11.9. The molecule has 2 aliphatic rings. The Hall–Kier alpha value is -0.500. The van der Waals surface area contributed by atoms with Crippen molar-refractivity contribution in [2.24, 2.45) is 11.1 Å². The summed E-state index contributed by atoms with van der Waals surface area (Å²) < 4.78 is 0. The van der Waals surface area contributed by atoms with Gasteiger partial charge in [-0.2, -0.15) is 0 Å². The highest BCUT2D eigenvalue weighted by Gasteiger charge is 2.40. The average Bonchev–Trinajstić information content (AvgIpc) is 2.46. The Balaban J connectivity index is 0.000000396. The highest BCUT2D eigenvalue weighted by Crippen LogP contribution is 2.39. The van der Waals surface area contributed by atoms with E-state index in [0.717, 1.165) is 12.2 Å². The molecule has 2 unspecified atom stereocenters. The Morgan fingerprint density at radius 3 is 2.62 bits per heavy atom. The van der Waals surface area contributed by atoms with Gasteiger partial charge in [-0.25, -0.2) is 0 Å². The largest absolute Gasteiger partial charge is 0.402 e. The van der Waals surface area contributed by atoms with Crippen LogP contribution in [0.3, 0.4) is 0 Å². The van der Waals surface area contributed by atoms with E-state index < -0.39 is 0 Å². The van der Waals surface area contributed by atoms with Crippen LogP contribution in [0.4, 0.5) is 0 Å². The van der Waals surface area contributed by atoms with Crippen molar-refractivity contribution in [2.45, 2.75) is 34.1 Å². The van der Waals surface area contributed by atoms with Gasteiger partial charge in [-0.05, 0) is 25.5 Å². The molecule has 2 aliphatic heterocycles. The molecule has 0 spiro atoms. The van der Waals surface area contributed by atoms with E-state index in [1.807, 2.05) is 13.8 Å². The predicted molar refractivity (Wildman–Crippen MR) is 57.4 cm³/mol. The third-order valence-electron chi connectivity index (χ3n) is 3.12. The quantitative estimate of drug-likeness (QED) is 0.620. The molecule has 0 radical (unpaired) electrons. The second kappa shape index (κ2) is 3.70. The van der Waals surface area contributed by atoms with Gasteiger partial charge in [0, 0.05) is 24.2 Å². The van der Waals surface area contributed by atoms with Crippen molar-refractivity contribution >= 4 is 0 Å². The number of nitrogens with zero attached hydrogens (tertiary/aromatic N) is 1. The first-order valence-electron chi connectivity index (χ1n) is 5.30. The smallest absolute Gasteiger partial charge is 0.0210 e. The molecule has 2 rings (SSSR count). The molecule has 0 aromatic carbocycles. The fourth-order valence-corrected chi connectivity index (χ4v) is 2.35. The van der Waals surface area contributed by atoms with Crippen molar-refractivity contribution < 1.29 is 0 Å². The molecule has 2 nitrogen and oxygen atoms in total. The van der Waals surface area contributed by atoms with Gasteiger partial charge >= 0.3 is 0 Å². The van der Waals surface area contributed by atoms with E-state index in [9.17, 15) is 0 Å². The fraction of sp³-hybridized carbons (Fsp3) is 0.818. The van der Waals surface area contributed by atoms with E-state index in [0.29, 0.717) is 5.41 Å². The third-order valence-corrected chi connectivity index (χ3v) is 3.12. The molecule has 2 heteroatoms. The van der Waals surface area contributed by atoms with Crippen LogP contribution in [0.1, 0.15) is 34.1 Å². The van der Waals surface area contributed by atoms with Gasteiger partial charge in [0.2, 0.25) is 0 Å². The Morgan fingerprint density at radius 1 is 1.38 bits per heavy atom. The summed E-state index contributed by atoms with van der Waals surface area (Å²) in [5.74, 6) is 0. The lowest BCUT2D eigenvalue weighted by molar-refractivity contribution is 0.293. The van der Waals surface area contributed by atoms with Gasteiger partial charge in [0.05, 0.1) is 0 Å². The van der Waals surface area contributed by atoms with Crippen molar-refractivity contribution in [3.63, 3.8) is 0 Å². The van der Waals surface area contributed by atoms with Gasteiger partial charge in [0.1, 0.15) is 0 Å². The molecule has 2 N–H and O–H groups in total. The van der Waals surface area contributed by atoms with Crippen molar-refractivity contribution in [3.8, 4) is 0 Å². The predicted octanol–water partition coefficient (Wildman–Crippen LogP) is 1.97. The molecule has 0 aromatic rings. The summed E-state index contributed by atoms with van der Waals surface area (Å²) in [5, 5.41) is 0. The molecule has 0 aromatic heterocycles. The molecule has 2 heterocycles. The van der Waals surface area contributed by atoms with E-state index in [2.05, 4.69) is 18.7 Å². The summed E-state index contributed by atoms with van der Waals surface area (Å²) in [6.07, 6.45) is 1.25. The van der Waals surface area contributed by atoms with Gasteiger partial charge in [0.15, 0.2) is 0 Å².